The number of hydrogen-bond acceptors (Lipinski definition) is 10. The van der Waals surface area contributed by atoms with Crippen molar-refractivity contribution in [1.29, 1.82) is 0 Å². The Labute approximate surface area is 365 Å². The quantitative estimate of drug-likeness (QED) is 0.171. The lowest BCUT2D eigenvalue weighted by Gasteiger charge is -2.31. The zero-order chi connectivity index (χ0) is 45.0. The van der Waals surface area contributed by atoms with Crippen molar-refractivity contribution in [2.45, 2.75) is 129 Å². The molecule has 0 unspecified atom stereocenters. The number of halogens is 2. The van der Waals surface area contributed by atoms with E-state index in [4.69, 9.17) is 19.4 Å². The molecule has 4 atom stereocenters. The number of nitrogens with zero attached hydrogens (tertiary/aromatic N) is 4. The van der Waals surface area contributed by atoms with Crippen LogP contribution in [0.2, 0.25) is 0 Å². The number of carbonyl (C=O) groups excluding carboxylic acids is 2. The van der Waals surface area contributed by atoms with Crippen molar-refractivity contribution in [2.75, 3.05) is 0 Å². The smallest absolute Gasteiger partial charge is 0.343 e. The first-order chi connectivity index (χ1) is 30.5. The number of esters is 2. The summed E-state index contributed by atoms with van der Waals surface area (Å²) in [7, 11) is 0. The number of pyridine rings is 4. The molecule has 64 heavy (non-hydrogen) atoms. The SMILES string of the molecule is CC[C@@]1(O)C(=O)OCc2c1cc1n(c2=O)Cc2c-1nc1cc(F)c(C)c3c1c2[C@@H](C)CC3.CC[C@@]1(O)C(=O)OCc2c1cc1n(c2=O)Cc2c-1nc1cc(F)c(C)c3c1c2[C@@H](C)CC3. The van der Waals surface area contributed by atoms with Crippen LogP contribution < -0.4 is 11.1 Å². The largest absolute Gasteiger partial charge is 0.458 e. The maximum Gasteiger partial charge on any atom is 0.343 e. The zero-order valence-electron chi connectivity index (χ0n) is 36.4. The fourth-order valence-corrected chi connectivity index (χ4v) is 11.6. The van der Waals surface area contributed by atoms with E-state index in [2.05, 4.69) is 13.8 Å². The number of rotatable bonds is 2. The first-order valence-corrected chi connectivity index (χ1v) is 22.1. The predicted molar refractivity (Wildman–Crippen MR) is 232 cm³/mol. The maximum atomic E-state index is 14.7. The lowest BCUT2D eigenvalue weighted by molar-refractivity contribution is -0.172. The Morgan fingerprint density at radius 1 is 0.641 bits per heavy atom. The maximum absolute atomic E-state index is 14.7. The summed E-state index contributed by atoms with van der Waals surface area (Å²) in [6.07, 6.45) is 3.61. The van der Waals surface area contributed by atoms with E-state index in [9.17, 15) is 38.2 Å². The third-order valence-electron chi connectivity index (χ3n) is 15.3. The van der Waals surface area contributed by atoms with E-state index in [-0.39, 0.29) is 60.6 Å². The third-order valence-corrected chi connectivity index (χ3v) is 15.3. The molecule has 0 spiro atoms. The van der Waals surface area contributed by atoms with Crippen LogP contribution in [0.25, 0.3) is 44.6 Å². The Morgan fingerprint density at radius 3 is 1.41 bits per heavy atom. The summed E-state index contributed by atoms with van der Waals surface area (Å²) in [5, 5.41) is 24.1. The highest BCUT2D eigenvalue weighted by Crippen LogP contribution is 2.48. The van der Waals surface area contributed by atoms with Crippen LogP contribution in [0.4, 0.5) is 8.78 Å². The van der Waals surface area contributed by atoms with Crippen LogP contribution in [0.3, 0.4) is 0 Å². The van der Waals surface area contributed by atoms with Gasteiger partial charge in [0.1, 0.15) is 24.8 Å². The van der Waals surface area contributed by atoms with E-state index in [0.29, 0.717) is 80.3 Å². The number of hydrogen-bond donors (Lipinski definition) is 2. The third kappa shape index (κ3) is 5.20. The van der Waals surface area contributed by atoms with E-state index in [1.807, 2.05) is 13.8 Å². The van der Waals surface area contributed by atoms with Crippen LogP contribution in [0.1, 0.15) is 132 Å². The molecule has 12 rings (SSSR count). The number of benzene rings is 2. The van der Waals surface area contributed by atoms with E-state index in [1.54, 1.807) is 35.1 Å². The highest BCUT2D eigenvalue weighted by molar-refractivity contribution is 5.95. The number of carbonyl (C=O) groups is 2. The zero-order valence-corrected chi connectivity index (χ0v) is 36.4. The summed E-state index contributed by atoms with van der Waals surface area (Å²) in [4.78, 5) is 61.2. The van der Waals surface area contributed by atoms with E-state index >= 15 is 0 Å². The molecule has 14 heteroatoms. The molecule has 0 bridgehead atoms. The van der Waals surface area contributed by atoms with Gasteiger partial charge in [0.15, 0.2) is 11.2 Å². The van der Waals surface area contributed by atoms with Crippen LogP contribution in [-0.2, 0) is 69.4 Å². The molecule has 0 radical (unpaired) electrons. The van der Waals surface area contributed by atoms with Gasteiger partial charge in [-0.1, -0.05) is 27.7 Å². The summed E-state index contributed by atoms with van der Waals surface area (Å²) in [6, 6.07) is 6.37. The van der Waals surface area contributed by atoms with Crippen molar-refractivity contribution < 1.29 is 38.1 Å². The molecule has 0 fully saturated rings. The van der Waals surface area contributed by atoms with Crippen molar-refractivity contribution >= 4 is 33.7 Å². The van der Waals surface area contributed by atoms with Crippen LogP contribution in [0.5, 0.6) is 0 Å². The fraction of sp³-hybridized carbons (Fsp3) is 0.400. The molecular formula is C50H46F2N4O8. The van der Waals surface area contributed by atoms with Crippen LogP contribution in [-0.4, -0.2) is 41.3 Å². The molecule has 4 aromatic heterocycles. The molecule has 6 aliphatic rings. The lowest BCUT2D eigenvalue weighted by atomic mass is 9.79. The Balaban J connectivity index is 0.000000143. The van der Waals surface area contributed by atoms with Gasteiger partial charge >= 0.3 is 11.9 Å². The van der Waals surface area contributed by atoms with Crippen molar-refractivity contribution in [2.24, 2.45) is 0 Å². The molecule has 4 aliphatic heterocycles. The van der Waals surface area contributed by atoms with E-state index in [0.717, 1.165) is 69.8 Å². The monoisotopic (exact) mass is 868 g/mol. The Kier molecular flexibility index (Phi) is 8.70. The average molecular weight is 869 g/mol. The van der Waals surface area contributed by atoms with Gasteiger partial charge in [-0.25, -0.2) is 28.3 Å². The molecule has 0 saturated carbocycles. The second-order valence-electron chi connectivity index (χ2n) is 18.5. The first kappa shape index (κ1) is 40.6. The summed E-state index contributed by atoms with van der Waals surface area (Å²) in [6.45, 7) is 11.7. The van der Waals surface area contributed by atoms with E-state index < -0.39 is 23.1 Å². The summed E-state index contributed by atoms with van der Waals surface area (Å²) in [5.41, 5.74) is 8.03. The Morgan fingerprint density at radius 2 is 1.03 bits per heavy atom. The molecule has 2 aliphatic carbocycles. The summed E-state index contributed by atoms with van der Waals surface area (Å²) in [5.74, 6) is -1.53. The van der Waals surface area contributed by atoms with Crippen molar-refractivity contribution in [3.8, 4) is 22.8 Å². The molecule has 0 saturated heterocycles. The molecule has 2 aromatic carbocycles. The standard InChI is InChI=1S/2C25H23FN2O4/c2*1-4-25(31)16-7-19-22-14(9-28(19)23(29)15(16)10-32-24(25)30)20-11(2)5-6-13-12(3)17(26)8-18(27-22)21(13)20/h2*7-8,11,31H,4-6,9-10H2,1-3H3/t2*11-,25-/m00/s1. The minimum atomic E-state index is -1.86. The molecule has 2 N–H and O–H groups in total. The van der Waals surface area contributed by atoms with Gasteiger partial charge in [-0.3, -0.25) is 9.59 Å². The molecule has 8 heterocycles. The highest BCUT2D eigenvalue weighted by Gasteiger charge is 2.47. The summed E-state index contributed by atoms with van der Waals surface area (Å²) < 4.78 is 43.0. The molecular weight excluding hydrogens is 823 g/mol. The lowest BCUT2D eigenvalue weighted by Crippen LogP contribution is -2.44. The normalized spacial score (nSPS) is 23.0. The number of fused-ring (bicyclic) bond motifs is 10. The topological polar surface area (TPSA) is 163 Å². The summed E-state index contributed by atoms with van der Waals surface area (Å²) >= 11 is 0. The van der Waals surface area contributed by atoms with Crippen LogP contribution in [0.15, 0.2) is 33.9 Å². The van der Waals surface area contributed by atoms with Gasteiger partial charge in [0.25, 0.3) is 11.1 Å². The number of cyclic esters (lactones) is 2. The number of ether oxygens (including phenoxy) is 2. The second-order valence-corrected chi connectivity index (χ2v) is 18.5. The van der Waals surface area contributed by atoms with Gasteiger partial charge in [0, 0.05) is 45.2 Å². The van der Waals surface area contributed by atoms with Crippen molar-refractivity contribution in [1.82, 2.24) is 19.1 Å². The minimum Gasteiger partial charge on any atom is -0.458 e. The molecule has 6 aromatic rings. The number of aliphatic hydroxyl groups is 2. The van der Waals surface area contributed by atoms with Gasteiger partial charge in [-0.2, -0.15) is 0 Å². The second kappa shape index (κ2) is 13.7. The predicted octanol–water partition coefficient (Wildman–Crippen LogP) is 7.15. The van der Waals surface area contributed by atoms with Crippen LogP contribution in [0, 0.1) is 25.5 Å². The van der Waals surface area contributed by atoms with Crippen LogP contribution >= 0.6 is 0 Å². The van der Waals surface area contributed by atoms with Gasteiger partial charge < -0.3 is 28.8 Å². The van der Waals surface area contributed by atoms with Gasteiger partial charge in [0.05, 0.1) is 58.0 Å². The molecule has 328 valence electrons. The van der Waals surface area contributed by atoms with Gasteiger partial charge in [0.2, 0.25) is 0 Å². The fourth-order valence-electron chi connectivity index (χ4n) is 11.6. The van der Waals surface area contributed by atoms with E-state index in [1.165, 1.54) is 12.1 Å². The highest BCUT2D eigenvalue weighted by atomic mass is 19.1. The minimum absolute atomic E-state index is 0.0931. The molecule has 12 nitrogen and oxygen atoms in total. The molecule has 0 amide bonds. The number of aryl methyl sites for hydroxylation is 2. The Bertz CT molecular complexity index is 3100. The van der Waals surface area contributed by atoms with Gasteiger partial charge in [-0.05, 0) is 110 Å². The Hall–Kier alpha value is -6.12. The van der Waals surface area contributed by atoms with Crippen molar-refractivity contribution in [3.63, 3.8) is 0 Å². The van der Waals surface area contributed by atoms with Crippen molar-refractivity contribution in [3.05, 3.63) is 123 Å². The first-order valence-electron chi connectivity index (χ1n) is 22.1. The van der Waals surface area contributed by atoms with Gasteiger partial charge in [-0.15, -0.1) is 0 Å². The average Bonchev–Trinajstić information content (AvgIpc) is 3.84. The number of aromatic nitrogens is 4.